The van der Waals surface area contributed by atoms with E-state index in [1.807, 2.05) is 0 Å². The number of H-pyrrole nitrogens is 1. The molecule has 1 aromatic carbocycles. The molecule has 1 fully saturated rings. The van der Waals surface area contributed by atoms with Crippen LogP contribution >= 0.6 is 31.9 Å². The number of hydrogen-bond acceptors (Lipinski definition) is 10. The predicted molar refractivity (Wildman–Crippen MR) is 123 cm³/mol. The lowest BCUT2D eigenvalue weighted by atomic mass is 9.99. The van der Waals surface area contributed by atoms with Gasteiger partial charge >= 0.3 is 5.97 Å². The third-order valence-electron chi connectivity index (χ3n) is 4.92. The second kappa shape index (κ2) is 12.5. The van der Waals surface area contributed by atoms with Crippen molar-refractivity contribution in [1.82, 2.24) is 4.98 Å². The van der Waals surface area contributed by atoms with Gasteiger partial charge < -0.3 is 54.2 Å². The van der Waals surface area contributed by atoms with Crippen molar-refractivity contribution in [3.05, 3.63) is 21.2 Å². The zero-order valence-corrected chi connectivity index (χ0v) is 20.9. The number of aromatic amines is 1. The monoisotopic (exact) mass is 613 g/mol. The van der Waals surface area contributed by atoms with Crippen LogP contribution in [0.5, 0.6) is 11.5 Å². The van der Waals surface area contributed by atoms with E-state index in [1.165, 1.54) is 6.20 Å². The molecule has 14 heteroatoms. The molecular formula is C20H25Br2NO11. The quantitative estimate of drug-likeness (QED) is 0.182. The van der Waals surface area contributed by atoms with Crippen molar-refractivity contribution < 1.29 is 54.0 Å². The fraction of sp³-hybridized carbons (Fsp3) is 0.550. The van der Waals surface area contributed by atoms with Crippen LogP contribution in [0.25, 0.3) is 10.9 Å². The largest absolute Gasteiger partial charge is 0.489 e. The summed E-state index contributed by atoms with van der Waals surface area (Å²) in [4.78, 5) is 14.3. The molecular weight excluding hydrogens is 590 g/mol. The van der Waals surface area contributed by atoms with Crippen LogP contribution in [0.3, 0.4) is 0 Å². The highest BCUT2D eigenvalue weighted by atomic mass is 79.9. The molecule has 2 heterocycles. The number of ether oxygens (including phenoxy) is 5. The number of aliphatic carboxylic acids is 1. The molecule has 3 rings (SSSR count). The molecule has 0 saturated carbocycles. The Bertz CT molecular complexity index is 972. The molecule has 12 nitrogen and oxygen atoms in total. The lowest BCUT2D eigenvalue weighted by Gasteiger charge is -2.38. The number of aromatic nitrogens is 1. The Morgan fingerprint density at radius 2 is 1.71 bits per heavy atom. The molecule has 0 unspecified atom stereocenters. The maximum absolute atomic E-state index is 11.3. The van der Waals surface area contributed by atoms with Crippen molar-refractivity contribution >= 4 is 48.7 Å². The first kappa shape index (κ1) is 27.1. The maximum atomic E-state index is 11.3. The molecule has 0 radical (unpaired) electrons. The maximum Gasteiger partial charge on any atom is 0.335 e. The van der Waals surface area contributed by atoms with Gasteiger partial charge in [-0.1, -0.05) is 0 Å². The van der Waals surface area contributed by atoms with Crippen molar-refractivity contribution in [3.63, 3.8) is 0 Å². The smallest absolute Gasteiger partial charge is 0.335 e. The minimum absolute atomic E-state index is 0.0486. The number of nitrogens with one attached hydrogen (secondary N) is 1. The highest BCUT2D eigenvalue weighted by molar-refractivity contribution is 9.11. The van der Waals surface area contributed by atoms with Gasteiger partial charge in [-0.2, -0.15) is 0 Å². The van der Waals surface area contributed by atoms with Crippen LogP contribution in [0.2, 0.25) is 0 Å². The number of rotatable bonds is 12. The molecule has 5 atom stereocenters. The van der Waals surface area contributed by atoms with Crippen LogP contribution in [0.15, 0.2) is 21.2 Å². The van der Waals surface area contributed by atoms with Gasteiger partial charge in [-0.05, 0) is 37.9 Å². The third kappa shape index (κ3) is 6.19. The van der Waals surface area contributed by atoms with E-state index in [0.717, 1.165) is 0 Å². The molecule has 0 amide bonds. The minimum Gasteiger partial charge on any atom is -0.489 e. The highest BCUT2D eigenvalue weighted by Gasteiger charge is 2.48. The number of aliphatic hydroxyl groups excluding tert-OH is 4. The molecule has 0 aliphatic carbocycles. The van der Waals surface area contributed by atoms with Gasteiger partial charge in [-0.25, -0.2) is 4.79 Å². The molecule has 1 aliphatic heterocycles. The normalized spacial score (nSPS) is 24.9. The van der Waals surface area contributed by atoms with Crippen LogP contribution in [-0.2, 0) is 19.0 Å². The van der Waals surface area contributed by atoms with Crippen molar-refractivity contribution in [3.8, 4) is 11.5 Å². The van der Waals surface area contributed by atoms with Gasteiger partial charge in [-0.3, -0.25) is 0 Å². The fourth-order valence-corrected chi connectivity index (χ4v) is 4.80. The van der Waals surface area contributed by atoms with E-state index in [1.54, 1.807) is 6.07 Å². The first-order valence-electron chi connectivity index (χ1n) is 10.2. The van der Waals surface area contributed by atoms with E-state index in [9.17, 15) is 25.2 Å². The first-order valence-corrected chi connectivity index (χ1v) is 11.8. The number of carbonyl (C=O) groups is 1. The SMILES string of the molecule is O=C(O)[C@H]1O[C@@H](Oc2c[nH]c3cc(Br)c(OCCOCCOCCO)c(Br)c23)[C@H](O)[C@@H](O)[C@@H]1O. The molecule has 2 aromatic rings. The fourth-order valence-electron chi connectivity index (χ4n) is 3.26. The summed E-state index contributed by atoms with van der Waals surface area (Å²) < 4.78 is 28.3. The third-order valence-corrected chi connectivity index (χ3v) is 6.26. The standard InChI is InChI=1S/C20H25Br2NO11/c21-9-7-10-12(13(22)17(9)32-6-5-31-4-3-30-2-1-24)11(8-23-10)33-20-16(27)14(25)15(26)18(34-20)19(28)29/h7-8,14-16,18,20,23-27H,1-6H2,(H,28,29)/t14-,15-,16+,18-,20+/m0/s1. The van der Waals surface area contributed by atoms with Crippen LogP contribution in [0.4, 0.5) is 0 Å². The van der Waals surface area contributed by atoms with Gasteiger partial charge in [0.1, 0.15) is 36.4 Å². The summed E-state index contributed by atoms with van der Waals surface area (Å²) in [6.45, 7) is 1.41. The van der Waals surface area contributed by atoms with Crippen LogP contribution in [-0.4, -0.2) is 107 Å². The predicted octanol–water partition coefficient (Wildman–Crippen LogP) is 0.368. The molecule has 0 spiro atoms. The summed E-state index contributed by atoms with van der Waals surface area (Å²) in [7, 11) is 0. The van der Waals surface area contributed by atoms with E-state index in [0.29, 0.717) is 38.8 Å². The minimum atomic E-state index is -1.82. The lowest BCUT2D eigenvalue weighted by Crippen LogP contribution is -2.61. The molecule has 1 aliphatic rings. The lowest BCUT2D eigenvalue weighted by molar-refractivity contribution is -0.270. The zero-order chi connectivity index (χ0) is 24.8. The molecule has 0 bridgehead atoms. The van der Waals surface area contributed by atoms with E-state index >= 15 is 0 Å². The van der Waals surface area contributed by atoms with Crippen molar-refractivity contribution in [2.24, 2.45) is 0 Å². The molecule has 190 valence electrons. The number of halogens is 2. The molecule has 6 N–H and O–H groups in total. The molecule has 1 saturated heterocycles. The Hall–Kier alpha value is -1.49. The van der Waals surface area contributed by atoms with Gasteiger partial charge in [-0.15, -0.1) is 0 Å². The molecule has 34 heavy (non-hydrogen) atoms. The topological polar surface area (TPSA) is 180 Å². The van der Waals surface area contributed by atoms with Crippen LogP contribution in [0.1, 0.15) is 0 Å². The number of benzene rings is 1. The summed E-state index contributed by atoms with van der Waals surface area (Å²) in [5.74, 6) is -0.872. The Balaban J connectivity index is 1.70. The van der Waals surface area contributed by atoms with Gasteiger partial charge in [0.25, 0.3) is 0 Å². The van der Waals surface area contributed by atoms with Gasteiger partial charge in [0.15, 0.2) is 6.10 Å². The summed E-state index contributed by atoms with van der Waals surface area (Å²) in [5.41, 5.74) is 0.624. The Labute approximate surface area is 210 Å². The van der Waals surface area contributed by atoms with Gasteiger partial charge in [0.2, 0.25) is 6.29 Å². The second-order valence-corrected chi connectivity index (χ2v) is 8.87. The van der Waals surface area contributed by atoms with Gasteiger partial charge in [0.05, 0.1) is 52.9 Å². The highest BCUT2D eigenvalue weighted by Crippen LogP contribution is 2.44. The average molecular weight is 615 g/mol. The Morgan fingerprint density at radius 3 is 2.38 bits per heavy atom. The number of carboxylic acid groups (broad SMARTS) is 1. The second-order valence-electron chi connectivity index (χ2n) is 7.23. The van der Waals surface area contributed by atoms with Crippen molar-refractivity contribution in [2.45, 2.75) is 30.7 Å². The van der Waals surface area contributed by atoms with Crippen LogP contribution in [0, 0.1) is 0 Å². The van der Waals surface area contributed by atoms with Crippen molar-refractivity contribution in [1.29, 1.82) is 0 Å². The van der Waals surface area contributed by atoms with E-state index in [-0.39, 0.29) is 32.2 Å². The summed E-state index contributed by atoms with van der Waals surface area (Å²) in [6, 6.07) is 1.74. The first-order chi connectivity index (χ1) is 16.3. The summed E-state index contributed by atoms with van der Waals surface area (Å²) in [6.07, 6.45) is -7.15. The zero-order valence-electron chi connectivity index (χ0n) is 17.7. The molecule has 1 aromatic heterocycles. The number of fused-ring (bicyclic) bond motifs is 1. The summed E-state index contributed by atoms with van der Waals surface area (Å²) >= 11 is 6.93. The summed E-state index contributed by atoms with van der Waals surface area (Å²) in [5, 5.41) is 48.5. The average Bonchev–Trinajstić information content (AvgIpc) is 3.19. The Morgan fingerprint density at radius 1 is 1.03 bits per heavy atom. The number of carboxylic acids is 1. The van der Waals surface area contributed by atoms with E-state index in [2.05, 4.69) is 36.8 Å². The van der Waals surface area contributed by atoms with Crippen LogP contribution < -0.4 is 9.47 Å². The van der Waals surface area contributed by atoms with E-state index in [4.69, 9.17) is 28.8 Å². The van der Waals surface area contributed by atoms with Gasteiger partial charge in [0, 0.05) is 6.20 Å². The van der Waals surface area contributed by atoms with Crippen molar-refractivity contribution in [2.75, 3.05) is 39.6 Å². The Kier molecular flexibility index (Phi) is 9.94. The number of aliphatic hydroxyl groups is 4. The van der Waals surface area contributed by atoms with E-state index < -0.39 is 36.7 Å². The number of hydrogen-bond donors (Lipinski definition) is 6.